The lowest BCUT2D eigenvalue weighted by Crippen LogP contribution is -2.41. The summed E-state index contributed by atoms with van der Waals surface area (Å²) < 4.78 is 26.6. The van der Waals surface area contributed by atoms with E-state index in [4.69, 9.17) is 5.11 Å². The predicted octanol–water partition coefficient (Wildman–Crippen LogP) is 2.01. The number of nitrogens with zero attached hydrogens (tertiary/aromatic N) is 1. The van der Waals surface area contributed by atoms with Crippen molar-refractivity contribution >= 4 is 23.6 Å². The molecule has 19 heavy (non-hydrogen) atoms. The van der Waals surface area contributed by atoms with Crippen LogP contribution in [0.5, 0.6) is 0 Å². The summed E-state index contributed by atoms with van der Waals surface area (Å²) in [6.07, 6.45) is 0. The Morgan fingerprint density at radius 2 is 2.11 bits per heavy atom. The van der Waals surface area contributed by atoms with Crippen molar-refractivity contribution in [2.45, 2.75) is 18.3 Å². The lowest BCUT2D eigenvalue weighted by atomic mass is 10.1. The van der Waals surface area contributed by atoms with Gasteiger partial charge in [-0.3, -0.25) is 4.79 Å². The number of carbonyl (C=O) groups excluding carboxylic acids is 1. The van der Waals surface area contributed by atoms with E-state index in [1.54, 1.807) is 0 Å². The minimum atomic E-state index is -1.13. The van der Waals surface area contributed by atoms with Crippen molar-refractivity contribution in [1.29, 1.82) is 0 Å². The van der Waals surface area contributed by atoms with Crippen molar-refractivity contribution in [1.82, 2.24) is 4.90 Å². The standard InChI is InChI=1S/C12H11F2NO3S/c1-6(16)15-10(12(17)18)5-19-11(15)8-3-2-7(13)4-9(8)14/h2-4,10-11H,5H2,1H3,(H,17,18). The molecule has 2 rings (SSSR count). The van der Waals surface area contributed by atoms with Crippen LogP contribution in [0.2, 0.25) is 0 Å². The predicted molar refractivity (Wildman–Crippen MR) is 65.5 cm³/mol. The summed E-state index contributed by atoms with van der Waals surface area (Å²) in [7, 11) is 0. The van der Waals surface area contributed by atoms with Crippen LogP contribution in [-0.2, 0) is 9.59 Å². The Morgan fingerprint density at radius 3 is 2.63 bits per heavy atom. The van der Waals surface area contributed by atoms with Gasteiger partial charge in [0, 0.05) is 24.3 Å². The van der Waals surface area contributed by atoms with Gasteiger partial charge in [0.2, 0.25) is 5.91 Å². The zero-order valence-corrected chi connectivity index (χ0v) is 10.8. The van der Waals surface area contributed by atoms with Gasteiger partial charge in [-0.2, -0.15) is 0 Å². The number of amides is 1. The Kier molecular flexibility index (Phi) is 3.75. The molecular formula is C12H11F2NO3S. The topological polar surface area (TPSA) is 57.6 Å². The SMILES string of the molecule is CC(=O)N1C(C(=O)O)CSC1c1ccc(F)cc1F. The third-order valence-corrected chi connectivity index (χ3v) is 4.18. The average Bonchev–Trinajstić information content (AvgIpc) is 2.73. The minimum absolute atomic E-state index is 0.116. The molecule has 2 atom stereocenters. The van der Waals surface area contributed by atoms with Crippen LogP contribution in [0.25, 0.3) is 0 Å². The molecule has 1 aliphatic heterocycles. The summed E-state index contributed by atoms with van der Waals surface area (Å²) in [5.41, 5.74) is 0.116. The summed E-state index contributed by atoms with van der Waals surface area (Å²) in [5, 5.41) is 8.31. The molecule has 0 saturated carbocycles. The number of carboxylic acid groups (broad SMARTS) is 1. The van der Waals surface area contributed by atoms with Crippen LogP contribution < -0.4 is 0 Å². The molecule has 1 saturated heterocycles. The molecule has 1 fully saturated rings. The largest absolute Gasteiger partial charge is 0.480 e. The quantitative estimate of drug-likeness (QED) is 0.904. The molecule has 1 heterocycles. The van der Waals surface area contributed by atoms with Crippen LogP contribution >= 0.6 is 11.8 Å². The first-order valence-electron chi connectivity index (χ1n) is 5.50. The van der Waals surface area contributed by atoms with E-state index in [1.807, 2.05) is 0 Å². The van der Waals surface area contributed by atoms with Gasteiger partial charge in [-0.1, -0.05) is 6.07 Å². The third kappa shape index (κ3) is 2.56. The zero-order valence-electron chi connectivity index (χ0n) is 9.97. The van der Waals surface area contributed by atoms with Crippen LogP contribution in [0.15, 0.2) is 18.2 Å². The third-order valence-electron chi connectivity index (χ3n) is 2.88. The van der Waals surface area contributed by atoms with E-state index < -0.39 is 34.9 Å². The van der Waals surface area contributed by atoms with Gasteiger partial charge in [0.05, 0.1) is 0 Å². The molecule has 0 radical (unpaired) electrons. The first-order chi connectivity index (χ1) is 8.91. The van der Waals surface area contributed by atoms with Crippen LogP contribution in [0, 0.1) is 11.6 Å². The highest BCUT2D eigenvalue weighted by Gasteiger charge is 2.41. The lowest BCUT2D eigenvalue weighted by Gasteiger charge is -2.26. The molecule has 7 heteroatoms. The molecule has 0 aromatic heterocycles. The Morgan fingerprint density at radius 1 is 1.42 bits per heavy atom. The van der Waals surface area contributed by atoms with Crippen LogP contribution in [0.4, 0.5) is 8.78 Å². The van der Waals surface area contributed by atoms with Crippen molar-refractivity contribution in [3.05, 3.63) is 35.4 Å². The van der Waals surface area contributed by atoms with E-state index >= 15 is 0 Å². The van der Waals surface area contributed by atoms with Crippen molar-refractivity contribution in [2.75, 3.05) is 5.75 Å². The number of carboxylic acids is 1. The molecule has 1 N–H and O–H groups in total. The van der Waals surface area contributed by atoms with Gasteiger partial charge in [0.25, 0.3) is 0 Å². The summed E-state index contributed by atoms with van der Waals surface area (Å²) >= 11 is 1.15. The van der Waals surface area contributed by atoms with Gasteiger partial charge in [0.15, 0.2) is 0 Å². The second-order valence-corrected chi connectivity index (χ2v) is 5.25. The minimum Gasteiger partial charge on any atom is -0.480 e. The molecule has 102 valence electrons. The second kappa shape index (κ2) is 5.16. The van der Waals surface area contributed by atoms with Crippen LogP contribution in [0.3, 0.4) is 0 Å². The zero-order chi connectivity index (χ0) is 14.2. The van der Waals surface area contributed by atoms with Gasteiger partial charge in [-0.25, -0.2) is 13.6 Å². The average molecular weight is 287 g/mol. The Balaban J connectivity index is 2.38. The van der Waals surface area contributed by atoms with Gasteiger partial charge >= 0.3 is 5.97 Å². The highest BCUT2D eigenvalue weighted by molar-refractivity contribution is 7.99. The van der Waals surface area contributed by atoms with Gasteiger partial charge in [0.1, 0.15) is 23.1 Å². The second-order valence-electron chi connectivity index (χ2n) is 4.13. The van der Waals surface area contributed by atoms with Gasteiger partial charge in [-0.05, 0) is 6.07 Å². The van der Waals surface area contributed by atoms with E-state index in [1.165, 1.54) is 13.0 Å². The number of carbonyl (C=O) groups is 2. The number of halogens is 2. The molecule has 2 unspecified atom stereocenters. The molecule has 1 aromatic rings. The maximum Gasteiger partial charge on any atom is 0.327 e. The van der Waals surface area contributed by atoms with E-state index in [0.29, 0.717) is 0 Å². The molecule has 1 aromatic carbocycles. The smallest absolute Gasteiger partial charge is 0.327 e. The normalized spacial score (nSPS) is 22.6. The number of aliphatic carboxylic acids is 1. The summed E-state index contributed by atoms with van der Waals surface area (Å²) in [5.74, 6) is -2.90. The fourth-order valence-electron chi connectivity index (χ4n) is 2.02. The molecule has 0 aliphatic carbocycles. The van der Waals surface area contributed by atoms with Crippen molar-refractivity contribution < 1.29 is 23.5 Å². The fraction of sp³-hybridized carbons (Fsp3) is 0.333. The number of hydrogen-bond donors (Lipinski definition) is 1. The van der Waals surface area contributed by atoms with Crippen LogP contribution in [0.1, 0.15) is 17.9 Å². The molecule has 4 nitrogen and oxygen atoms in total. The Bertz CT molecular complexity index is 538. The number of rotatable bonds is 2. The molecule has 0 spiro atoms. The lowest BCUT2D eigenvalue weighted by molar-refractivity contribution is -0.148. The summed E-state index contributed by atoms with van der Waals surface area (Å²) in [6, 6.07) is 2.06. The first-order valence-corrected chi connectivity index (χ1v) is 6.55. The highest BCUT2D eigenvalue weighted by atomic mass is 32.2. The molecule has 1 amide bonds. The first kappa shape index (κ1) is 13.8. The van der Waals surface area contributed by atoms with Crippen molar-refractivity contribution in [3.63, 3.8) is 0 Å². The number of benzene rings is 1. The monoisotopic (exact) mass is 287 g/mol. The summed E-state index contributed by atoms with van der Waals surface area (Å²) in [6.45, 7) is 1.23. The van der Waals surface area contributed by atoms with Crippen molar-refractivity contribution in [2.24, 2.45) is 0 Å². The number of hydrogen-bond acceptors (Lipinski definition) is 3. The van der Waals surface area contributed by atoms with E-state index in [-0.39, 0.29) is 11.3 Å². The summed E-state index contributed by atoms with van der Waals surface area (Å²) in [4.78, 5) is 23.8. The number of thioether (sulfide) groups is 1. The van der Waals surface area contributed by atoms with E-state index in [2.05, 4.69) is 0 Å². The highest BCUT2D eigenvalue weighted by Crippen LogP contribution is 2.42. The maximum absolute atomic E-state index is 13.7. The maximum atomic E-state index is 13.7. The van der Waals surface area contributed by atoms with Gasteiger partial charge in [-0.15, -0.1) is 11.8 Å². The van der Waals surface area contributed by atoms with E-state index in [9.17, 15) is 18.4 Å². The molecule has 1 aliphatic rings. The molecular weight excluding hydrogens is 276 g/mol. The Labute approximate surface area is 112 Å². The Hall–Kier alpha value is -1.63. The van der Waals surface area contributed by atoms with Crippen LogP contribution in [-0.4, -0.2) is 33.7 Å². The van der Waals surface area contributed by atoms with Crippen molar-refractivity contribution in [3.8, 4) is 0 Å². The fourth-order valence-corrected chi connectivity index (χ4v) is 3.52. The van der Waals surface area contributed by atoms with E-state index in [0.717, 1.165) is 28.8 Å². The molecule has 0 bridgehead atoms. The van der Waals surface area contributed by atoms with Gasteiger partial charge < -0.3 is 10.0 Å².